The molecule has 0 aromatic heterocycles. The number of carbonyl (C=O) groups is 1. The van der Waals surface area contributed by atoms with Gasteiger partial charge in [-0.2, -0.15) is 0 Å². The Kier molecular flexibility index (Phi) is 3.85. The zero-order valence-corrected chi connectivity index (χ0v) is 8.30. The number of ether oxygens (including phenoxy) is 1. The molecule has 0 saturated heterocycles. The number of esters is 1. The molecule has 0 aliphatic carbocycles. The highest BCUT2D eigenvalue weighted by atomic mass is 35.5. The first-order valence-corrected chi connectivity index (χ1v) is 4.39. The third-order valence-corrected chi connectivity index (χ3v) is 2.01. The van der Waals surface area contributed by atoms with Gasteiger partial charge in [-0.15, -0.1) is 0 Å². The number of halogens is 3. The average molecular weight is 236 g/mol. The number of nitrogens with two attached hydrogens (primary N) is 1. The van der Waals surface area contributed by atoms with E-state index in [1.165, 1.54) is 18.2 Å². The first kappa shape index (κ1) is 11.7. The molecule has 0 amide bonds. The van der Waals surface area contributed by atoms with Gasteiger partial charge in [-0.25, -0.2) is 13.6 Å². The minimum absolute atomic E-state index is 0.0109. The first-order chi connectivity index (χ1) is 7.02. The summed E-state index contributed by atoms with van der Waals surface area (Å²) in [4.78, 5) is 11.2. The van der Waals surface area contributed by atoms with Crippen LogP contribution in [0.4, 0.5) is 14.5 Å². The van der Waals surface area contributed by atoms with Crippen molar-refractivity contribution in [1.82, 2.24) is 0 Å². The lowest BCUT2D eigenvalue weighted by Crippen LogP contribution is -2.12. The van der Waals surface area contributed by atoms with Crippen LogP contribution in [0.2, 0.25) is 5.02 Å². The van der Waals surface area contributed by atoms with Gasteiger partial charge in [0.2, 0.25) is 0 Å². The van der Waals surface area contributed by atoms with Gasteiger partial charge < -0.3 is 10.5 Å². The number of hydrogen-bond acceptors (Lipinski definition) is 3. The van der Waals surface area contributed by atoms with Crippen molar-refractivity contribution in [2.24, 2.45) is 0 Å². The summed E-state index contributed by atoms with van der Waals surface area (Å²) >= 11 is 5.69. The van der Waals surface area contributed by atoms with Gasteiger partial charge in [-0.1, -0.05) is 17.7 Å². The van der Waals surface area contributed by atoms with E-state index in [9.17, 15) is 13.6 Å². The van der Waals surface area contributed by atoms with Gasteiger partial charge in [0.15, 0.2) is 6.61 Å². The second-order valence-corrected chi connectivity index (χ2v) is 3.08. The molecule has 6 heteroatoms. The van der Waals surface area contributed by atoms with Gasteiger partial charge in [0, 0.05) is 0 Å². The van der Waals surface area contributed by atoms with Gasteiger partial charge in [0.25, 0.3) is 6.43 Å². The summed E-state index contributed by atoms with van der Waals surface area (Å²) in [6, 6.07) is 4.33. The molecule has 3 nitrogen and oxygen atoms in total. The highest BCUT2D eigenvalue weighted by Crippen LogP contribution is 2.23. The van der Waals surface area contributed by atoms with E-state index in [1.807, 2.05) is 0 Å². The molecular weight excluding hydrogens is 228 g/mol. The Labute approximate surface area is 89.8 Å². The Bertz CT molecular complexity index is 371. The van der Waals surface area contributed by atoms with Gasteiger partial charge in [-0.3, -0.25) is 0 Å². The molecular formula is C9H8ClF2NO2. The Hall–Kier alpha value is -1.36. The third kappa shape index (κ3) is 3.06. The molecule has 0 heterocycles. The molecule has 0 bridgehead atoms. The molecule has 0 unspecified atom stereocenters. The Morgan fingerprint density at radius 1 is 1.53 bits per heavy atom. The van der Waals surface area contributed by atoms with E-state index in [0.29, 0.717) is 0 Å². The minimum atomic E-state index is -2.70. The summed E-state index contributed by atoms with van der Waals surface area (Å²) in [5, 5.41) is 0.0109. The monoisotopic (exact) mass is 235 g/mol. The quantitative estimate of drug-likeness (QED) is 0.646. The third-order valence-electron chi connectivity index (χ3n) is 1.59. The zero-order chi connectivity index (χ0) is 11.4. The number of alkyl halides is 2. The van der Waals surface area contributed by atoms with Crippen molar-refractivity contribution < 1.29 is 18.3 Å². The van der Waals surface area contributed by atoms with E-state index in [4.69, 9.17) is 17.3 Å². The summed E-state index contributed by atoms with van der Waals surface area (Å²) < 4.78 is 27.8. The van der Waals surface area contributed by atoms with E-state index < -0.39 is 19.0 Å². The molecule has 0 saturated carbocycles. The highest BCUT2D eigenvalue weighted by molar-refractivity contribution is 6.36. The average Bonchev–Trinajstić information content (AvgIpc) is 2.18. The Balaban J connectivity index is 2.78. The van der Waals surface area contributed by atoms with Crippen LogP contribution in [0.1, 0.15) is 10.4 Å². The maximum Gasteiger partial charge on any atom is 0.339 e. The number of rotatable bonds is 3. The number of hydrogen-bond donors (Lipinski definition) is 1. The number of anilines is 1. The van der Waals surface area contributed by atoms with E-state index in [0.717, 1.165) is 0 Å². The van der Waals surface area contributed by atoms with Crippen LogP contribution < -0.4 is 5.73 Å². The lowest BCUT2D eigenvalue weighted by atomic mass is 10.2. The van der Waals surface area contributed by atoms with Crippen LogP contribution in [0.25, 0.3) is 0 Å². The normalized spacial score (nSPS) is 10.4. The molecule has 82 valence electrons. The van der Waals surface area contributed by atoms with Gasteiger partial charge in [0.05, 0.1) is 16.3 Å². The van der Waals surface area contributed by atoms with Gasteiger partial charge >= 0.3 is 5.97 Å². The molecule has 1 aromatic rings. The standard InChI is InChI=1S/C9H8ClF2NO2/c10-8-5(2-1-3-6(8)13)9(14)15-4-7(11)12/h1-3,7H,4,13H2. The van der Waals surface area contributed by atoms with E-state index >= 15 is 0 Å². The molecule has 0 aliphatic heterocycles. The number of nitrogen functional groups attached to an aromatic ring is 1. The fraction of sp³-hybridized carbons (Fsp3) is 0.222. The van der Waals surface area contributed by atoms with E-state index in [1.54, 1.807) is 0 Å². The van der Waals surface area contributed by atoms with Crippen molar-refractivity contribution >= 4 is 23.3 Å². The van der Waals surface area contributed by atoms with Gasteiger partial charge in [-0.05, 0) is 12.1 Å². The van der Waals surface area contributed by atoms with Gasteiger partial charge in [0.1, 0.15) is 0 Å². The molecule has 15 heavy (non-hydrogen) atoms. The molecule has 0 fully saturated rings. The Morgan fingerprint density at radius 3 is 2.80 bits per heavy atom. The van der Waals surface area contributed by atoms with Crippen LogP contribution in [-0.4, -0.2) is 19.0 Å². The predicted octanol–water partition coefficient (Wildman–Crippen LogP) is 2.34. The summed E-state index contributed by atoms with van der Waals surface area (Å²) in [6.07, 6.45) is -2.70. The van der Waals surface area contributed by atoms with Crippen LogP contribution in [0.15, 0.2) is 18.2 Å². The van der Waals surface area contributed by atoms with Crippen LogP contribution in [0, 0.1) is 0 Å². The molecule has 0 atom stereocenters. The minimum Gasteiger partial charge on any atom is -0.456 e. The van der Waals surface area contributed by atoms with Crippen molar-refractivity contribution in [1.29, 1.82) is 0 Å². The number of carbonyl (C=O) groups excluding carboxylic acids is 1. The fourth-order valence-electron chi connectivity index (χ4n) is 0.924. The van der Waals surface area contributed by atoms with E-state index in [-0.39, 0.29) is 16.3 Å². The van der Waals surface area contributed by atoms with Crippen molar-refractivity contribution in [3.63, 3.8) is 0 Å². The lowest BCUT2D eigenvalue weighted by molar-refractivity contribution is 0.0160. The smallest absolute Gasteiger partial charge is 0.339 e. The van der Waals surface area contributed by atoms with Crippen LogP contribution in [0.3, 0.4) is 0 Å². The highest BCUT2D eigenvalue weighted by Gasteiger charge is 2.15. The fourth-order valence-corrected chi connectivity index (χ4v) is 1.13. The molecule has 1 rings (SSSR count). The lowest BCUT2D eigenvalue weighted by Gasteiger charge is -2.06. The molecule has 2 N–H and O–H groups in total. The molecule has 1 aromatic carbocycles. The van der Waals surface area contributed by atoms with Crippen molar-refractivity contribution in [3.8, 4) is 0 Å². The Morgan fingerprint density at radius 2 is 2.20 bits per heavy atom. The predicted molar refractivity (Wildman–Crippen MR) is 52.2 cm³/mol. The van der Waals surface area contributed by atoms with Crippen molar-refractivity contribution in [3.05, 3.63) is 28.8 Å². The second kappa shape index (κ2) is 4.93. The zero-order valence-electron chi connectivity index (χ0n) is 7.54. The maximum absolute atomic E-state index is 11.8. The largest absolute Gasteiger partial charge is 0.456 e. The molecule has 0 spiro atoms. The SMILES string of the molecule is Nc1cccc(C(=O)OCC(F)F)c1Cl. The van der Waals surface area contributed by atoms with Crippen LogP contribution >= 0.6 is 11.6 Å². The summed E-state index contributed by atoms with van der Waals surface area (Å²) in [5.74, 6) is -0.910. The summed E-state index contributed by atoms with van der Waals surface area (Å²) in [6.45, 7) is -0.954. The van der Waals surface area contributed by atoms with E-state index in [2.05, 4.69) is 4.74 Å². The van der Waals surface area contributed by atoms with Crippen LogP contribution in [0.5, 0.6) is 0 Å². The second-order valence-electron chi connectivity index (χ2n) is 2.70. The van der Waals surface area contributed by atoms with Crippen molar-refractivity contribution in [2.45, 2.75) is 6.43 Å². The summed E-state index contributed by atoms with van der Waals surface area (Å²) in [7, 11) is 0. The molecule has 0 aliphatic rings. The summed E-state index contributed by atoms with van der Waals surface area (Å²) in [5.41, 5.74) is 5.61. The first-order valence-electron chi connectivity index (χ1n) is 4.01. The van der Waals surface area contributed by atoms with Crippen LogP contribution in [-0.2, 0) is 4.74 Å². The molecule has 0 radical (unpaired) electrons. The topological polar surface area (TPSA) is 52.3 Å². The number of benzene rings is 1. The maximum atomic E-state index is 11.8. The van der Waals surface area contributed by atoms with Crippen molar-refractivity contribution in [2.75, 3.05) is 12.3 Å².